The lowest BCUT2D eigenvalue weighted by Crippen LogP contribution is -2.79. The van der Waals surface area contributed by atoms with Crippen molar-refractivity contribution in [2.75, 3.05) is 0 Å². The van der Waals surface area contributed by atoms with Crippen molar-refractivity contribution in [1.29, 1.82) is 0 Å². The minimum atomic E-state index is -2.90. The molecule has 0 radical (unpaired) electrons. The minimum absolute atomic E-state index is 0.0347. The molecule has 0 aromatic rings. The van der Waals surface area contributed by atoms with Gasteiger partial charge in [0.15, 0.2) is 8.32 Å². The van der Waals surface area contributed by atoms with Gasteiger partial charge in [-0.2, -0.15) is 0 Å². The fraction of sp³-hybridized carbons (Fsp3) is 1.00. The molecule has 0 heterocycles. The van der Waals surface area contributed by atoms with E-state index in [9.17, 15) is 4.80 Å². The Morgan fingerprint density at radius 2 is 0.917 bits per heavy atom. The number of rotatable bonds is 6. The first kappa shape index (κ1) is 25.0. The highest BCUT2D eigenvalue weighted by atomic mass is 29.3. The van der Waals surface area contributed by atoms with Crippen molar-refractivity contribution in [2.45, 2.75) is 109 Å². The SMILES string of the molecule is CC(C)(C)[Si](C)(C)O[Si](O)(C(C)([Si](C)(C)C)[Si](C)(C)C)[Si](C)(C)C. The average molecular weight is 423 g/mol. The van der Waals surface area contributed by atoms with Crippen LogP contribution in [0.15, 0.2) is 0 Å². The highest BCUT2D eigenvalue weighted by Gasteiger charge is 2.70. The lowest BCUT2D eigenvalue weighted by atomic mass is 10.2. The first-order valence-electron chi connectivity index (χ1n) is 9.38. The summed E-state index contributed by atoms with van der Waals surface area (Å²) in [6.45, 7) is 35.7. The maximum atomic E-state index is 12.5. The lowest BCUT2D eigenvalue weighted by molar-refractivity contribution is 0.360. The van der Waals surface area contributed by atoms with Gasteiger partial charge in [0.05, 0.1) is 16.1 Å². The normalized spacial score (nSPS) is 18.5. The molecule has 0 aliphatic rings. The minimum Gasteiger partial charge on any atom is -0.438 e. The third kappa shape index (κ3) is 4.12. The Bertz CT molecular complexity index is 436. The van der Waals surface area contributed by atoms with Crippen LogP contribution in [0, 0.1) is 0 Å². The van der Waals surface area contributed by atoms with Crippen molar-refractivity contribution in [1.82, 2.24) is 0 Å². The van der Waals surface area contributed by atoms with Gasteiger partial charge < -0.3 is 8.91 Å². The molecule has 24 heavy (non-hydrogen) atoms. The summed E-state index contributed by atoms with van der Waals surface area (Å²) in [5, 5.41) is 0.132. The highest BCUT2D eigenvalue weighted by molar-refractivity contribution is 7.44. The van der Waals surface area contributed by atoms with Crippen LogP contribution >= 0.6 is 0 Å². The van der Waals surface area contributed by atoms with Gasteiger partial charge in [-0.3, -0.25) is 0 Å². The second-order valence-corrected chi connectivity index (χ2v) is 43.5. The molecule has 0 aliphatic heterocycles. The summed E-state index contributed by atoms with van der Waals surface area (Å²) in [6.07, 6.45) is 0. The summed E-state index contributed by atoms with van der Waals surface area (Å²) in [4.78, 5) is 12.5. The number of hydrogen-bond donors (Lipinski definition) is 1. The Morgan fingerprint density at radius 1 is 0.625 bits per heavy atom. The molecule has 0 rings (SSSR count). The first-order chi connectivity index (χ1) is 9.96. The van der Waals surface area contributed by atoms with E-state index >= 15 is 0 Å². The van der Waals surface area contributed by atoms with Crippen molar-refractivity contribution in [2.24, 2.45) is 0 Å². The molecule has 2 nitrogen and oxygen atoms in total. The predicted molar refractivity (Wildman–Crippen MR) is 125 cm³/mol. The van der Waals surface area contributed by atoms with Crippen LogP contribution in [0.4, 0.5) is 0 Å². The van der Waals surface area contributed by atoms with Gasteiger partial charge in [0.1, 0.15) is 7.59 Å². The van der Waals surface area contributed by atoms with Crippen LogP contribution in [0.3, 0.4) is 0 Å². The van der Waals surface area contributed by atoms with E-state index in [4.69, 9.17) is 4.12 Å². The third-order valence-corrected chi connectivity index (χ3v) is 44.2. The summed E-state index contributed by atoms with van der Waals surface area (Å²) < 4.78 is 7.17. The van der Waals surface area contributed by atoms with Crippen molar-refractivity contribution < 1.29 is 8.91 Å². The van der Waals surface area contributed by atoms with Crippen LogP contribution in [-0.2, 0) is 4.12 Å². The second-order valence-electron chi connectivity index (χ2n) is 12.4. The monoisotopic (exact) mass is 422 g/mol. The van der Waals surface area contributed by atoms with Crippen LogP contribution in [-0.4, -0.2) is 44.9 Å². The molecule has 1 atom stereocenters. The largest absolute Gasteiger partial charge is 0.438 e. The van der Waals surface area contributed by atoms with Crippen molar-refractivity contribution >= 4 is 40.1 Å². The van der Waals surface area contributed by atoms with E-state index in [1.807, 2.05) is 0 Å². The Kier molecular flexibility index (Phi) is 6.83. The molecule has 0 fully saturated rings. The molecule has 0 saturated heterocycles. The summed E-state index contributed by atoms with van der Waals surface area (Å²) >= 11 is 0. The maximum Gasteiger partial charge on any atom is 0.303 e. The standard InChI is InChI=1S/C17H46O2Si5/c1-16(2,3)23(14,15)19-24(18,22(11,12)13)17(4,20(5,6)7)21(8,9)10/h18H,1-15H3. The maximum absolute atomic E-state index is 12.5. The van der Waals surface area contributed by atoms with Crippen molar-refractivity contribution in [3.63, 3.8) is 0 Å². The van der Waals surface area contributed by atoms with Gasteiger partial charge in [-0.25, -0.2) is 0 Å². The smallest absolute Gasteiger partial charge is 0.303 e. The Balaban J connectivity index is 6.70. The first-order valence-corrected chi connectivity index (χ1v) is 25.6. The molecule has 0 amide bonds. The molecule has 0 aliphatic carbocycles. The fourth-order valence-electron chi connectivity index (χ4n) is 3.67. The zero-order valence-corrected chi connectivity index (χ0v) is 24.4. The summed E-state index contributed by atoms with van der Waals surface area (Å²) in [6, 6.07) is 0. The van der Waals surface area contributed by atoms with E-state index in [0.717, 1.165) is 0 Å². The van der Waals surface area contributed by atoms with Gasteiger partial charge in [-0.05, 0) is 22.4 Å². The van der Waals surface area contributed by atoms with Crippen LogP contribution in [0.5, 0.6) is 0 Å². The molecule has 0 aromatic heterocycles. The van der Waals surface area contributed by atoms with Gasteiger partial charge in [0, 0.05) is 0 Å². The Labute approximate surface area is 158 Å². The van der Waals surface area contributed by atoms with Gasteiger partial charge in [-0.15, -0.1) is 0 Å². The zero-order chi connectivity index (χ0) is 20.2. The van der Waals surface area contributed by atoms with Crippen molar-refractivity contribution in [3.8, 4) is 0 Å². The van der Waals surface area contributed by atoms with E-state index in [-0.39, 0.29) is 9.32 Å². The quantitative estimate of drug-likeness (QED) is 0.503. The predicted octanol–water partition coefficient (Wildman–Crippen LogP) is 6.37. The van der Waals surface area contributed by atoms with Crippen molar-refractivity contribution in [3.05, 3.63) is 0 Å². The van der Waals surface area contributed by atoms with Gasteiger partial charge in [-0.1, -0.05) is 86.6 Å². The highest BCUT2D eigenvalue weighted by Crippen LogP contribution is 2.57. The second kappa shape index (κ2) is 6.56. The molecular formula is C17H46O2Si5. The van der Waals surface area contributed by atoms with Crippen LogP contribution in [0.1, 0.15) is 27.7 Å². The molecule has 0 aromatic carbocycles. The van der Waals surface area contributed by atoms with Crippen LogP contribution < -0.4 is 0 Å². The Morgan fingerprint density at radius 3 is 1.08 bits per heavy atom. The number of hydrogen-bond acceptors (Lipinski definition) is 2. The van der Waals surface area contributed by atoms with Crippen LogP contribution in [0.2, 0.25) is 81.3 Å². The molecular weight excluding hydrogens is 377 g/mol. The van der Waals surface area contributed by atoms with Gasteiger partial charge >= 0.3 is 8.08 Å². The van der Waals surface area contributed by atoms with Gasteiger partial charge in [0.25, 0.3) is 0 Å². The van der Waals surface area contributed by atoms with E-state index in [0.29, 0.717) is 0 Å². The lowest BCUT2D eigenvalue weighted by Gasteiger charge is -2.62. The molecule has 7 heteroatoms. The van der Waals surface area contributed by atoms with E-state index in [1.54, 1.807) is 0 Å². The molecule has 0 saturated carbocycles. The zero-order valence-electron chi connectivity index (χ0n) is 19.4. The fourth-order valence-corrected chi connectivity index (χ4v) is 52.5. The van der Waals surface area contributed by atoms with Crippen LogP contribution in [0.25, 0.3) is 0 Å². The van der Waals surface area contributed by atoms with E-state index < -0.39 is 40.1 Å². The summed E-state index contributed by atoms with van der Waals surface area (Å²) in [7, 11) is -10.1. The Hall–Kier alpha value is 1.00. The average Bonchev–Trinajstić information content (AvgIpc) is 2.20. The molecule has 1 N–H and O–H groups in total. The van der Waals surface area contributed by atoms with E-state index in [2.05, 4.69) is 99.7 Å². The molecule has 1 unspecified atom stereocenters. The van der Waals surface area contributed by atoms with Gasteiger partial charge in [0.2, 0.25) is 0 Å². The molecule has 146 valence electrons. The van der Waals surface area contributed by atoms with E-state index in [1.165, 1.54) is 0 Å². The third-order valence-electron chi connectivity index (χ3n) is 6.90. The molecule has 0 spiro atoms. The molecule has 0 bridgehead atoms. The topological polar surface area (TPSA) is 29.5 Å². The summed E-state index contributed by atoms with van der Waals surface area (Å²) in [5.41, 5.74) is 0. The summed E-state index contributed by atoms with van der Waals surface area (Å²) in [5.74, 6) is 0.